The molecule has 0 radical (unpaired) electrons. The number of carbonyl (C=O) groups excluding carboxylic acids is 1. The van der Waals surface area contributed by atoms with Crippen LogP contribution in [0.15, 0.2) is 70.7 Å². The van der Waals surface area contributed by atoms with Gasteiger partial charge in [-0.05, 0) is 66.5 Å². The van der Waals surface area contributed by atoms with Crippen LogP contribution in [0.5, 0.6) is 5.75 Å². The summed E-state index contributed by atoms with van der Waals surface area (Å²) in [5.41, 5.74) is 3.69. The van der Waals surface area contributed by atoms with Crippen molar-refractivity contribution >= 4 is 50.1 Å². The van der Waals surface area contributed by atoms with E-state index in [9.17, 15) is 4.79 Å². The molecule has 3 aromatic rings. The average Bonchev–Trinajstić information content (AvgIpc) is 3.20. The van der Waals surface area contributed by atoms with Gasteiger partial charge in [0.2, 0.25) is 0 Å². The topological polar surface area (TPSA) is 50.7 Å². The smallest absolute Gasteiger partial charge is 0.259 e. The summed E-state index contributed by atoms with van der Waals surface area (Å²) in [7, 11) is 0. The number of carbonyl (C=O) groups is 1. The highest BCUT2D eigenvalue weighted by atomic mass is 79.9. The zero-order valence-corrected chi connectivity index (χ0v) is 22.8. The average molecular weight is 552 g/mol. The van der Waals surface area contributed by atoms with Gasteiger partial charge < -0.3 is 10.1 Å². The molecule has 4 rings (SSSR count). The van der Waals surface area contributed by atoms with Gasteiger partial charge in [0.05, 0.1) is 5.56 Å². The summed E-state index contributed by atoms with van der Waals surface area (Å²) in [6.07, 6.45) is 6.46. The van der Waals surface area contributed by atoms with Gasteiger partial charge in [-0.15, -0.1) is 11.3 Å². The minimum Gasteiger partial charge on any atom is -0.489 e. The fraction of sp³-hybridized carbons (Fsp3) is 0.310. The fourth-order valence-corrected chi connectivity index (χ4v) is 6.03. The number of thiophene rings is 1. The van der Waals surface area contributed by atoms with Crippen molar-refractivity contribution in [1.29, 1.82) is 0 Å². The quantitative estimate of drug-likeness (QED) is 0.238. The van der Waals surface area contributed by atoms with Crippen LogP contribution in [0.25, 0.3) is 0 Å². The molecule has 0 bridgehead atoms. The Morgan fingerprint density at radius 1 is 1.26 bits per heavy atom. The Balaban J connectivity index is 1.72. The highest BCUT2D eigenvalue weighted by molar-refractivity contribution is 9.10. The van der Waals surface area contributed by atoms with Crippen LogP contribution in [0.2, 0.25) is 0 Å². The maximum absolute atomic E-state index is 13.5. The summed E-state index contributed by atoms with van der Waals surface area (Å²) in [5, 5.41) is 3.82. The number of rotatable bonds is 7. The molecule has 1 amide bonds. The molecule has 4 nitrogen and oxygen atoms in total. The first kappa shape index (κ1) is 25.4. The highest BCUT2D eigenvalue weighted by Crippen LogP contribution is 2.45. The van der Waals surface area contributed by atoms with Crippen LogP contribution in [-0.4, -0.2) is 18.7 Å². The molecule has 2 aromatic carbocycles. The van der Waals surface area contributed by atoms with E-state index in [0.717, 1.165) is 51.3 Å². The van der Waals surface area contributed by atoms with Gasteiger partial charge in [0.1, 0.15) is 17.4 Å². The second-order valence-electron chi connectivity index (χ2n) is 9.85. The Kier molecular flexibility index (Phi) is 7.92. The molecule has 1 aliphatic rings. The molecule has 1 atom stereocenters. The first-order valence-corrected chi connectivity index (χ1v) is 13.5. The van der Waals surface area contributed by atoms with Crippen LogP contribution in [-0.2, 0) is 12.8 Å². The molecule has 0 saturated carbocycles. The number of amides is 1. The predicted molar refractivity (Wildman–Crippen MR) is 151 cm³/mol. The van der Waals surface area contributed by atoms with Crippen molar-refractivity contribution in [1.82, 2.24) is 0 Å². The summed E-state index contributed by atoms with van der Waals surface area (Å²) < 4.78 is 6.75. The molecule has 1 aromatic heterocycles. The largest absolute Gasteiger partial charge is 0.489 e. The first-order chi connectivity index (χ1) is 16.8. The molecule has 6 heteroatoms. The number of ether oxygens (including phenoxy) is 1. The van der Waals surface area contributed by atoms with Crippen molar-refractivity contribution in [3.8, 4) is 5.75 Å². The minimum atomic E-state index is -0.104. The van der Waals surface area contributed by atoms with Gasteiger partial charge in [0, 0.05) is 26.8 Å². The Morgan fingerprint density at radius 3 is 2.74 bits per heavy atom. The lowest BCUT2D eigenvalue weighted by Crippen LogP contribution is -2.27. The standard InChI is InChI=1S/C29H31BrN2O2S/c1-5-15-34-24-14-12-21(30)16-19(24)18-31-28-26(27(33)32-22-9-7-6-8-10-22)23-13-11-20(29(2,3)4)17-25(23)35-28/h5-10,12,14,16,18,20H,1,11,13,15,17H2,2-4H3,(H,32,33)/t20-/m1/s1. The van der Waals surface area contributed by atoms with E-state index in [0.29, 0.717) is 18.1 Å². The Morgan fingerprint density at radius 2 is 2.03 bits per heavy atom. The number of halogens is 1. The molecular weight excluding hydrogens is 520 g/mol. The monoisotopic (exact) mass is 550 g/mol. The third-order valence-electron chi connectivity index (χ3n) is 6.38. The van der Waals surface area contributed by atoms with Crippen LogP contribution in [0.4, 0.5) is 10.7 Å². The molecule has 0 saturated heterocycles. The Labute approximate surface area is 220 Å². The summed E-state index contributed by atoms with van der Waals surface area (Å²) in [6.45, 7) is 11.0. The van der Waals surface area contributed by atoms with Gasteiger partial charge in [-0.3, -0.25) is 4.79 Å². The molecule has 1 heterocycles. The molecule has 182 valence electrons. The zero-order chi connectivity index (χ0) is 25.0. The number of para-hydroxylation sites is 1. The maximum Gasteiger partial charge on any atom is 0.259 e. The van der Waals surface area contributed by atoms with Crippen molar-refractivity contribution in [3.05, 3.63) is 87.2 Å². The van der Waals surface area contributed by atoms with E-state index in [1.54, 1.807) is 23.6 Å². The summed E-state index contributed by atoms with van der Waals surface area (Å²) in [6, 6.07) is 15.4. The van der Waals surface area contributed by atoms with E-state index < -0.39 is 0 Å². The van der Waals surface area contributed by atoms with Gasteiger partial charge in [-0.25, -0.2) is 4.99 Å². The van der Waals surface area contributed by atoms with Crippen molar-refractivity contribution in [2.75, 3.05) is 11.9 Å². The molecule has 1 aliphatic carbocycles. The maximum atomic E-state index is 13.5. The van der Waals surface area contributed by atoms with E-state index in [2.05, 4.69) is 48.6 Å². The molecule has 0 fully saturated rings. The van der Waals surface area contributed by atoms with Crippen molar-refractivity contribution in [3.63, 3.8) is 0 Å². The second-order valence-corrected chi connectivity index (χ2v) is 11.8. The lowest BCUT2D eigenvalue weighted by molar-refractivity contribution is 0.102. The number of anilines is 1. The zero-order valence-electron chi connectivity index (χ0n) is 20.4. The van der Waals surface area contributed by atoms with Crippen LogP contribution < -0.4 is 10.1 Å². The van der Waals surface area contributed by atoms with E-state index in [4.69, 9.17) is 9.73 Å². The molecular formula is C29H31BrN2O2S. The first-order valence-electron chi connectivity index (χ1n) is 11.8. The molecule has 0 unspecified atom stereocenters. The molecule has 0 spiro atoms. The van der Waals surface area contributed by atoms with Crippen LogP contribution in [0.3, 0.4) is 0 Å². The third kappa shape index (κ3) is 6.11. The van der Waals surface area contributed by atoms with Crippen LogP contribution in [0.1, 0.15) is 53.6 Å². The lowest BCUT2D eigenvalue weighted by Gasteiger charge is -2.33. The van der Waals surface area contributed by atoms with Crippen LogP contribution in [0, 0.1) is 11.3 Å². The Bertz CT molecular complexity index is 1240. The van der Waals surface area contributed by atoms with Gasteiger partial charge >= 0.3 is 0 Å². The van der Waals surface area contributed by atoms with Gasteiger partial charge in [-0.1, -0.05) is 67.6 Å². The summed E-state index contributed by atoms with van der Waals surface area (Å²) in [5.74, 6) is 1.20. The molecule has 1 N–H and O–H groups in total. The third-order valence-corrected chi connectivity index (χ3v) is 8.04. The summed E-state index contributed by atoms with van der Waals surface area (Å²) in [4.78, 5) is 19.6. The number of hydrogen-bond acceptors (Lipinski definition) is 4. The van der Waals surface area contributed by atoms with Crippen LogP contribution >= 0.6 is 27.3 Å². The Hall–Kier alpha value is -2.70. The van der Waals surface area contributed by atoms with E-state index >= 15 is 0 Å². The van der Waals surface area contributed by atoms with Gasteiger partial charge in [0.15, 0.2) is 0 Å². The number of hydrogen-bond donors (Lipinski definition) is 1. The SMILES string of the molecule is C=CCOc1ccc(Br)cc1C=Nc1sc2c(c1C(=O)Nc1ccccc1)CC[C@@H](C(C)(C)C)C2. The molecule has 0 aliphatic heterocycles. The fourth-order valence-electron chi connectivity index (χ4n) is 4.38. The summed E-state index contributed by atoms with van der Waals surface area (Å²) >= 11 is 5.18. The normalized spacial score (nSPS) is 15.6. The van der Waals surface area contributed by atoms with Gasteiger partial charge in [-0.2, -0.15) is 0 Å². The number of aliphatic imine (C=N–C) groups is 1. The predicted octanol–water partition coefficient (Wildman–Crippen LogP) is 8.23. The number of fused-ring (bicyclic) bond motifs is 1. The van der Waals surface area contributed by atoms with E-state index in [1.807, 2.05) is 48.5 Å². The van der Waals surface area contributed by atoms with Crippen molar-refractivity contribution in [2.24, 2.45) is 16.3 Å². The van der Waals surface area contributed by atoms with E-state index in [1.165, 1.54) is 4.88 Å². The lowest BCUT2D eigenvalue weighted by atomic mass is 9.72. The molecule has 35 heavy (non-hydrogen) atoms. The van der Waals surface area contributed by atoms with Crippen molar-refractivity contribution < 1.29 is 9.53 Å². The number of nitrogens with zero attached hydrogens (tertiary/aromatic N) is 1. The highest BCUT2D eigenvalue weighted by Gasteiger charge is 2.33. The van der Waals surface area contributed by atoms with Crippen molar-refractivity contribution in [2.45, 2.75) is 40.0 Å². The number of benzene rings is 2. The minimum absolute atomic E-state index is 0.104. The van der Waals surface area contributed by atoms with E-state index in [-0.39, 0.29) is 11.3 Å². The second kappa shape index (κ2) is 10.9. The van der Waals surface area contributed by atoms with Gasteiger partial charge in [0.25, 0.3) is 5.91 Å². The number of nitrogens with one attached hydrogen (secondary N) is 1.